The smallest absolute Gasteiger partial charge is 0.220 e. The number of hydrogen-bond acceptors (Lipinski definition) is 5. The van der Waals surface area contributed by atoms with E-state index in [1.807, 2.05) is 30.3 Å². The van der Waals surface area contributed by atoms with Crippen LogP contribution >= 0.6 is 0 Å². The normalized spacial score (nSPS) is 19.9. The monoisotopic (exact) mass is 254 g/mol. The first kappa shape index (κ1) is 13.5. The van der Waals surface area contributed by atoms with Crippen molar-refractivity contribution in [2.24, 2.45) is 0 Å². The van der Waals surface area contributed by atoms with Gasteiger partial charge in [-0.15, -0.1) is 0 Å². The fraction of sp³-hybridized carbons (Fsp3) is 0.538. The molecule has 0 aliphatic carbocycles. The highest BCUT2D eigenvalue weighted by Gasteiger charge is 2.43. The van der Waals surface area contributed by atoms with Gasteiger partial charge in [-0.2, -0.15) is 0 Å². The standard InChI is InChI=1S/C13H18O5/c14-10-13(17-6-7-18-13)12(15)9-16-8-11-4-2-1-3-5-11/h1-5,12,14-15H,6-10H2. The van der Waals surface area contributed by atoms with Crippen molar-refractivity contribution >= 4 is 0 Å². The lowest BCUT2D eigenvalue weighted by Crippen LogP contribution is -2.49. The van der Waals surface area contributed by atoms with E-state index in [-0.39, 0.29) is 13.2 Å². The molecule has 1 aliphatic heterocycles. The summed E-state index contributed by atoms with van der Waals surface area (Å²) in [5.74, 6) is -1.32. The van der Waals surface area contributed by atoms with Crippen LogP contribution in [0.25, 0.3) is 0 Å². The Balaban J connectivity index is 1.79. The molecule has 1 saturated heterocycles. The predicted molar refractivity (Wildman–Crippen MR) is 63.8 cm³/mol. The fourth-order valence-corrected chi connectivity index (χ4v) is 1.85. The van der Waals surface area contributed by atoms with Gasteiger partial charge in [-0.3, -0.25) is 0 Å². The molecule has 0 spiro atoms. The first-order valence-corrected chi connectivity index (χ1v) is 5.95. The Kier molecular flexibility index (Phi) is 4.68. The summed E-state index contributed by atoms with van der Waals surface area (Å²) < 4.78 is 15.9. The summed E-state index contributed by atoms with van der Waals surface area (Å²) in [7, 11) is 0. The minimum atomic E-state index is -1.32. The number of benzene rings is 1. The highest BCUT2D eigenvalue weighted by Crippen LogP contribution is 2.23. The number of aliphatic hydroxyl groups excluding tert-OH is 2. The van der Waals surface area contributed by atoms with Crippen LogP contribution in [0.3, 0.4) is 0 Å². The van der Waals surface area contributed by atoms with E-state index in [9.17, 15) is 10.2 Å². The molecule has 100 valence electrons. The van der Waals surface area contributed by atoms with E-state index in [1.54, 1.807) is 0 Å². The molecule has 0 radical (unpaired) electrons. The van der Waals surface area contributed by atoms with Crippen molar-refractivity contribution in [2.45, 2.75) is 18.5 Å². The van der Waals surface area contributed by atoms with Gasteiger partial charge in [0, 0.05) is 0 Å². The zero-order chi connectivity index (χ0) is 12.8. The Bertz CT molecular complexity index is 348. The van der Waals surface area contributed by atoms with E-state index >= 15 is 0 Å². The van der Waals surface area contributed by atoms with Crippen LogP contribution in [-0.2, 0) is 20.8 Å². The highest BCUT2D eigenvalue weighted by atomic mass is 16.8. The summed E-state index contributed by atoms with van der Waals surface area (Å²) in [6.07, 6.45) is -1.01. The van der Waals surface area contributed by atoms with Crippen LogP contribution in [0.5, 0.6) is 0 Å². The Morgan fingerprint density at radius 2 is 1.89 bits per heavy atom. The average Bonchev–Trinajstić information content (AvgIpc) is 2.90. The molecule has 1 aliphatic rings. The molecule has 0 amide bonds. The van der Waals surface area contributed by atoms with Crippen LogP contribution in [0.1, 0.15) is 5.56 Å². The lowest BCUT2D eigenvalue weighted by Gasteiger charge is -2.29. The van der Waals surface area contributed by atoms with Gasteiger partial charge in [0.25, 0.3) is 0 Å². The first-order valence-electron chi connectivity index (χ1n) is 5.95. The molecule has 0 saturated carbocycles. The Hall–Kier alpha value is -0.980. The molecule has 1 atom stereocenters. The summed E-state index contributed by atoms with van der Waals surface area (Å²) in [4.78, 5) is 0. The summed E-state index contributed by atoms with van der Waals surface area (Å²) >= 11 is 0. The molecule has 1 aromatic carbocycles. The van der Waals surface area contributed by atoms with Crippen molar-refractivity contribution in [1.29, 1.82) is 0 Å². The zero-order valence-electron chi connectivity index (χ0n) is 10.1. The van der Waals surface area contributed by atoms with Gasteiger partial charge in [0.2, 0.25) is 5.79 Å². The van der Waals surface area contributed by atoms with Crippen LogP contribution in [-0.4, -0.2) is 48.5 Å². The predicted octanol–water partition coefficient (Wildman–Crippen LogP) is 0.299. The second-order valence-electron chi connectivity index (χ2n) is 4.18. The van der Waals surface area contributed by atoms with Crippen molar-refractivity contribution in [3.63, 3.8) is 0 Å². The molecule has 1 heterocycles. The third kappa shape index (κ3) is 3.07. The molecule has 0 aromatic heterocycles. The summed E-state index contributed by atoms with van der Waals surface area (Å²) in [5.41, 5.74) is 1.02. The van der Waals surface area contributed by atoms with E-state index in [2.05, 4.69) is 0 Å². The second-order valence-corrected chi connectivity index (χ2v) is 4.18. The van der Waals surface area contributed by atoms with Crippen molar-refractivity contribution < 1.29 is 24.4 Å². The molecule has 0 bridgehead atoms. The van der Waals surface area contributed by atoms with E-state index in [4.69, 9.17) is 14.2 Å². The van der Waals surface area contributed by atoms with Gasteiger partial charge in [0.15, 0.2) is 0 Å². The molecule has 2 rings (SSSR count). The molecule has 1 fully saturated rings. The van der Waals surface area contributed by atoms with E-state index in [1.165, 1.54) is 0 Å². The zero-order valence-corrected chi connectivity index (χ0v) is 10.1. The Labute approximate surface area is 106 Å². The molecule has 5 nitrogen and oxygen atoms in total. The lowest BCUT2D eigenvalue weighted by molar-refractivity contribution is -0.249. The highest BCUT2D eigenvalue weighted by molar-refractivity contribution is 5.13. The number of rotatable bonds is 6. The number of aliphatic hydroxyl groups is 2. The third-order valence-electron chi connectivity index (χ3n) is 2.89. The third-order valence-corrected chi connectivity index (χ3v) is 2.89. The summed E-state index contributed by atoms with van der Waals surface area (Å²) in [6.45, 7) is 0.810. The van der Waals surface area contributed by atoms with Gasteiger partial charge < -0.3 is 24.4 Å². The minimum Gasteiger partial charge on any atom is -0.391 e. The van der Waals surface area contributed by atoms with Gasteiger partial charge in [0.1, 0.15) is 6.10 Å². The fourth-order valence-electron chi connectivity index (χ4n) is 1.85. The topological polar surface area (TPSA) is 68.2 Å². The first-order chi connectivity index (χ1) is 8.77. The van der Waals surface area contributed by atoms with E-state index in [0.717, 1.165) is 5.56 Å². The van der Waals surface area contributed by atoms with Crippen LogP contribution in [0.15, 0.2) is 30.3 Å². The SMILES string of the molecule is OCC1(C(O)COCc2ccccc2)OCCO1. The minimum absolute atomic E-state index is 0.0510. The van der Waals surface area contributed by atoms with Gasteiger partial charge in [-0.25, -0.2) is 0 Å². The maximum Gasteiger partial charge on any atom is 0.220 e. The molecule has 1 aromatic rings. The van der Waals surface area contributed by atoms with Crippen LogP contribution in [0, 0.1) is 0 Å². The van der Waals surface area contributed by atoms with Crippen LogP contribution < -0.4 is 0 Å². The summed E-state index contributed by atoms with van der Waals surface area (Å²) in [6, 6.07) is 9.66. The van der Waals surface area contributed by atoms with E-state index in [0.29, 0.717) is 19.8 Å². The van der Waals surface area contributed by atoms with Gasteiger partial charge in [-0.1, -0.05) is 30.3 Å². The molecule has 5 heteroatoms. The Morgan fingerprint density at radius 1 is 1.22 bits per heavy atom. The molecule has 18 heavy (non-hydrogen) atoms. The van der Waals surface area contributed by atoms with Crippen molar-refractivity contribution in [3.8, 4) is 0 Å². The molecular weight excluding hydrogens is 236 g/mol. The van der Waals surface area contributed by atoms with Crippen molar-refractivity contribution in [2.75, 3.05) is 26.4 Å². The van der Waals surface area contributed by atoms with Crippen molar-refractivity contribution in [3.05, 3.63) is 35.9 Å². The van der Waals surface area contributed by atoms with Crippen molar-refractivity contribution in [1.82, 2.24) is 0 Å². The number of hydrogen-bond donors (Lipinski definition) is 2. The van der Waals surface area contributed by atoms with Gasteiger partial charge in [-0.05, 0) is 5.56 Å². The molecule has 2 N–H and O–H groups in total. The average molecular weight is 254 g/mol. The largest absolute Gasteiger partial charge is 0.391 e. The lowest BCUT2D eigenvalue weighted by atomic mass is 10.1. The van der Waals surface area contributed by atoms with Gasteiger partial charge in [0.05, 0.1) is 33.0 Å². The van der Waals surface area contributed by atoms with E-state index < -0.39 is 11.9 Å². The second kappa shape index (κ2) is 6.26. The Morgan fingerprint density at radius 3 is 2.50 bits per heavy atom. The molecular formula is C13H18O5. The quantitative estimate of drug-likeness (QED) is 0.764. The van der Waals surface area contributed by atoms with Gasteiger partial charge >= 0.3 is 0 Å². The van der Waals surface area contributed by atoms with Crippen LogP contribution in [0.2, 0.25) is 0 Å². The molecule has 1 unspecified atom stereocenters. The summed E-state index contributed by atoms with van der Waals surface area (Å²) in [5, 5.41) is 19.2. The van der Waals surface area contributed by atoms with Crippen LogP contribution in [0.4, 0.5) is 0 Å². The maximum atomic E-state index is 9.94. The number of ether oxygens (including phenoxy) is 3. The maximum absolute atomic E-state index is 9.94.